The molecule has 0 fully saturated rings. The molecule has 0 radical (unpaired) electrons. The van der Waals surface area contributed by atoms with Gasteiger partial charge in [0, 0.05) is 11.8 Å². The number of fused-ring (bicyclic) bond motifs is 7. The van der Waals surface area contributed by atoms with Gasteiger partial charge in [0.25, 0.3) is 0 Å². The van der Waals surface area contributed by atoms with Crippen molar-refractivity contribution >= 4 is 75.7 Å². The van der Waals surface area contributed by atoms with E-state index in [9.17, 15) is 0 Å². The van der Waals surface area contributed by atoms with Crippen LogP contribution >= 0.6 is 0 Å². The summed E-state index contributed by atoms with van der Waals surface area (Å²) in [6.45, 7) is 2.18. The Balaban J connectivity index is 1.31. The normalized spacial score (nSPS) is 12.0. The minimum Gasteiger partial charge on any atom is -0.296 e. The number of hydrogen-bond acceptors (Lipinski definition) is 1. The van der Waals surface area contributed by atoms with E-state index < -0.39 is 0 Å². The van der Waals surface area contributed by atoms with E-state index in [1.807, 2.05) is 0 Å². The van der Waals surface area contributed by atoms with E-state index in [2.05, 4.69) is 163 Å². The van der Waals surface area contributed by atoms with Crippen molar-refractivity contribution in [3.05, 3.63) is 157 Å². The summed E-state index contributed by atoms with van der Waals surface area (Å²) in [5.41, 5.74) is 5.79. The highest BCUT2D eigenvalue weighted by atomic mass is 15.1. The van der Waals surface area contributed by atoms with E-state index >= 15 is 0 Å². The first kappa shape index (κ1) is 26.2. The SMILES string of the molecule is CCc1nc2ccccc2n1-c1ccc(-c2ccc3c(c2)c2ccccc2c2cccc4ccc5cccc3c5c42)c2ccccc12. The van der Waals surface area contributed by atoms with Crippen molar-refractivity contribution < 1.29 is 0 Å². The van der Waals surface area contributed by atoms with Crippen LogP contribution in [0.25, 0.3) is 92.5 Å². The molecular formula is C45H30N2. The predicted octanol–water partition coefficient (Wildman–Crippen LogP) is 12.2. The van der Waals surface area contributed by atoms with Gasteiger partial charge in [-0.1, -0.05) is 134 Å². The van der Waals surface area contributed by atoms with E-state index in [4.69, 9.17) is 4.98 Å². The largest absolute Gasteiger partial charge is 0.296 e. The number of para-hydroxylation sites is 2. The maximum Gasteiger partial charge on any atom is 0.114 e. The van der Waals surface area contributed by atoms with Gasteiger partial charge in [0.05, 0.1) is 16.7 Å². The van der Waals surface area contributed by atoms with Crippen LogP contribution in [0, 0.1) is 0 Å². The van der Waals surface area contributed by atoms with Gasteiger partial charge in [0.1, 0.15) is 5.82 Å². The monoisotopic (exact) mass is 598 g/mol. The number of hydrogen-bond donors (Lipinski definition) is 0. The van der Waals surface area contributed by atoms with Gasteiger partial charge in [-0.05, 0) is 94.6 Å². The van der Waals surface area contributed by atoms with Gasteiger partial charge in [-0.15, -0.1) is 0 Å². The number of aryl methyl sites for hydroxylation is 1. The van der Waals surface area contributed by atoms with Crippen LogP contribution in [-0.2, 0) is 6.42 Å². The summed E-state index contributed by atoms with van der Waals surface area (Å²) in [5, 5.41) is 15.3. The molecule has 1 heterocycles. The van der Waals surface area contributed by atoms with E-state index in [1.165, 1.54) is 81.4 Å². The van der Waals surface area contributed by atoms with Gasteiger partial charge in [0.2, 0.25) is 0 Å². The summed E-state index contributed by atoms with van der Waals surface area (Å²) in [7, 11) is 0. The van der Waals surface area contributed by atoms with Crippen LogP contribution in [0.5, 0.6) is 0 Å². The molecule has 0 unspecified atom stereocenters. The molecule has 0 spiro atoms. The zero-order valence-corrected chi connectivity index (χ0v) is 26.0. The topological polar surface area (TPSA) is 17.8 Å². The molecule has 2 heteroatoms. The zero-order chi connectivity index (χ0) is 31.1. The van der Waals surface area contributed by atoms with Gasteiger partial charge in [-0.2, -0.15) is 0 Å². The first-order valence-corrected chi connectivity index (χ1v) is 16.5. The molecule has 0 amide bonds. The number of benzene rings is 8. The Morgan fingerprint density at radius 2 is 1.06 bits per heavy atom. The molecule has 0 saturated heterocycles. The van der Waals surface area contributed by atoms with Crippen molar-refractivity contribution in [1.29, 1.82) is 0 Å². The van der Waals surface area contributed by atoms with Crippen molar-refractivity contribution in [1.82, 2.24) is 9.55 Å². The minimum atomic E-state index is 0.860. The predicted molar refractivity (Wildman–Crippen MR) is 201 cm³/mol. The Bertz CT molecular complexity index is 2890. The van der Waals surface area contributed by atoms with Crippen molar-refractivity contribution in [2.24, 2.45) is 0 Å². The molecule has 10 aromatic rings. The second-order valence-corrected chi connectivity index (χ2v) is 12.6. The molecule has 0 saturated carbocycles. The second-order valence-electron chi connectivity index (χ2n) is 12.6. The highest BCUT2D eigenvalue weighted by Gasteiger charge is 2.17. The van der Waals surface area contributed by atoms with E-state index in [0.717, 1.165) is 23.3 Å². The summed E-state index contributed by atoms with van der Waals surface area (Å²) in [4.78, 5) is 4.99. The second kappa shape index (κ2) is 10.0. The third kappa shape index (κ3) is 3.76. The molecule has 0 N–H and O–H groups in total. The van der Waals surface area contributed by atoms with Crippen LogP contribution < -0.4 is 0 Å². The molecule has 0 aliphatic carbocycles. The fourth-order valence-corrected chi connectivity index (χ4v) is 8.04. The van der Waals surface area contributed by atoms with Gasteiger partial charge >= 0.3 is 0 Å². The van der Waals surface area contributed by atoms with Crippen LogP contribution in [0.1, 0.15) is 12.7 Å². The molecular weight excluding hydrogens is 569 g/mol. The molecule has 1 aromatic heterocycles. The lowest BCUT2D eigenvalue weighted by atomic mass is 9.89. The third-order valence-corrected chi connectivity index (χ3v) is 10.1. The van der Waals surface area contributed by atoms with Gasteiger partial charge in [0.15, 0.2) is 0 Å². The summed E-state index contributed by atoms with van der Waals surface area (Å²) < 4.78 is 2.34. The van der Waals surface area contributed by atoms with Crippen LogP contribution in [0.4, 0.5) is 0 Å². The third-order valence-electron chi connectivity index (χ3n) is 10.1. The zero-order valence-electron chi connectivity index (χ0n) is 26.0. The molecule has 0 atom stereocenters. The van der Waals surface area contributed by atoms with Crippen LogP contribution in [0.2, 0.25) is 0 Å². The van der Waals surface area contributed by atoms with E-state index in [0.29, 0.717) is 0 Å². The Kier molecular flexibility index (Phi) is 5.59. The smallest absolute Gasteiger partial charge is 0.114 e. The van der Waals surface area contributed by atoms with Crippen molar-refractivity contribution in [2.45, 2.75) is 13.3 Å². The quantitative estimate of drug-likeness (QED) is 0.185. The maximum atomic E-state index is 4.99. The Morgan fingerprint density at radius 3 is 1.79 bits per heavy atom. The first-order valence-electron chi connectivity index (χ1n) is 16.5. The Labute approximate surface area is 272 Å². The van der Waals surface area contributed by atoms with Crippen molar-refractivity contribution in [3.63, 3.8) is 0 Å². The number of nitrogens with zero attached hydrogens (tertiary/aromatic N) is 2. The summed E-state index contributed by atoms with van der Waals surface area (Å²) >= 11 is 0. The van der Waals surface area contributed by atoms with E-state index in [-0.39, 0.29) is 0 Å². The van der Waals surface area contributed by atoms with Gasteiger partial charge < -0.3 is 0 Å². The van der Waals surface area contributed by atoms with Crippen molar-refractivity contribution in [2.75, 3.05) is 0 Å². The fourth-order valence-electron chi connectivity index (χ4n) is 8.04. The van der Waals surface area contributed by atoms with Crippen molar-refractivity contribution in [3.8, 4) is 16.8 Å². The molecule has 2 nitrogen and oxygen atoms in total. The highest BCUT2D eigenvalue weighted by molar-refractivity contribution is 6.32. The summed E-state index contributed by atoms with van der Waals surface area (Å²) in [5.74, 6) is 1.08. The van der Waals surface area contributed by atoms with E-state index in [1.54, 1.807) is 0 Å². The van der Waals surface area contributed by atoms with Gasteiger partial charge in [-0.3, -0.25) is 4.57 Å². The molecule has 10 rings (SSSR count). The highest BCUT2D eigenvalue weighted by Crippen LogP contribution is 2.42. The Morgan fingerprint density at radius 1 is 0.468 bits per heavy atom. The molecule has 0 bridgehead atoms. The van der Waals surface area contributed by atoms with Crippen LogP contribution in [0.3, 0.4) is 0 Å². The first-order chi connectivity index (χ1) is 23.3. The lowest BCUT2D eigenvalue weighted by Gasteiger charge is -2.16. The molecule has 0 aliphatic rings. The molecule has 220 valence electrons. The van der Waals surface area contributed by atoms with Gasteiger partial charge in [-0.25, -0.2) is 4.98 Å². The van der Waals surface area contributed by atoms with Crippen LogP contribution in [-0.4, -0.2) is 9.55 Å². The number of imidazole rings is 1. The molecule has 9 aromatic carbocycles. The average Bonchev–Trinajstić information content (AvgIpc) is 3.51. The standard InChI is InChI=1S/C45H30N2/c1-2-43-46-40-19-7-8-20-42(40)47(43)41-26-25-31(32-13-5-6-16-36(32)41)30-23-24-35-38-18-10-12-29-22-21-28-11-9-17-37(44(28)45(29)38)33-14-3-4-15-34(33)39(35)27-30/h3-27H,2H2,1H3. The lowest BCUT2D eigenvalue weighted by molar-refractivity contribution is 0.913. The fraction of sp³-hybridized carbons (Fsp3) is 0.0444. The molecule has 0 aliphatic heterocycles. The molecule has 47 heavy (non-hydrogen) atoms. The number of rotatable bonds is 3. The summed E-state index contributed by atoms with van der Waals surface area (Å²) in [6.07, 6.45) is 0.860. The van der Waals surface area contributed by atoms with Crippen LogP contribution in [0.15, 0.2) is 152 Å². The number of aromatic nitrogens is 2. The average molecular weight is 599 g/mol. The maximum absolute atomic E-state index is 4.99. The minimum absolute atomic E-state index is 0.860. The Hall–Kier alpha value is -5.99. The summed E-state index contributed by atoms with van der Waals surface area (Å²) in [6, 6.07) is 55.9. The lowest BCUT2D eigenvalue weighted by Crippen LogP contribution is -2.01.